The lowest BCUT2D eigenvalue weighted by Crippen LogP contribution is -2.03. The van der Waals surface area contributed by atoms with Crippen LogP contribution in [0, 0.1) is 11.8 Å². The summed E-state index contributed by atoms with van der Waals surface area (Å²) in [6.07, 6.45) is 12.7. The fourth-order valence-corrected chi connectivity index (χ4v) is 2.24. The van der Waals surface area contributed by atoms with Crippen LogP contribution < -0.4 is 0 Å². The molecule has 0 aromatic rings. The summed E-state index contributed by atoms with van der Waals surface area (Å²) in [5.41, 5.74) is 0. The second kappa shape index (κ2) is 8.89. The molecular weight excluding hydrogens is 240 g/mol. The predicted octanol–water partition coefficient (Wildman–Crippen LogP) is 4.02. The standard InChI is InChI=1S/C16H26O3/c1-13(2)10-8-6-4-3-5-7-9-11-14-12-15(17)19-16(14)18/h9,11,13-14H,3-8,10,12H2,1-2H3/b11-9+. The number of carbonyl (C=O) groups excluding carboxylic acids is 2. The van der Waals surface area contributed by atoms with E-state index in [1.807, 2.05) is 12.2 Å². The van der Waals surface area contributed by atoms with Crippen LogP contribution in [0.3, 0.4) is 0 Å². The molecule has 1 saturated heterocycles. The van der Waals surface area contributed by atoms with Gasteiger partial charge < -0.3 is 4.74 Å². The van der Waals surface area contributed by atoms with Gasteiger partial charge in [0.1, 0.15) is 0 Å². The van der Waals surface area contributed by atoms with Gasteiger partial charge in [0, 0.05) is 0 Å². The van der Waals surface area contributed by atoms with Crippen LogP contribution in [-0.2, 0) is 14.3 Å². The minimum absolute atomic E-state index is 0.213. The first-order chi connectivity index (χ1) is 9.09. The zero-order chi connectivity index (χ0) is 14.1. The van der Waals surface area contributed by atoms with Crippen molar-refractivity contribution in [2.45, 2.75) is 65.2 Å². The van der Waals surface area contributed by atoms with Crippen LogP contribution in [0.2, 0.25) is 0 Å². The van der Waals surface area contributed by atoms with Crippen molar-refractivity contribution in [3.63, 3.8) is 0 Å². The summed E-state index contributed by atoms with van der Waals surface area (Å²) in [6, 6.07) is 0. The summed E-state index contributed by atoms with van der Waals surface area (Å²) < 4.78 is 4.49. The van der Waals surface area contributed by atoms with Crippen molar-refractivity contribution >= 4 is 11.9 Å². The molecule has 1 heterocycles. The van der Waals surface area contributed by atoms with E-state index in [-0.39, 0.29) is 12.3 Å². The molecule has 1 atom stereocenters. The molecule has 1 unspecified atom stereocenters. The summed E-state index contributed by atoms with van der Waals surface area (Å²) in [5, 5.41) is 0. The lowest BCUT2D eigenvalue weighted by Gasteiger charge is -2.03. The minimum Gasteiger partial charge on any atom is -0.393 e. The molecule has 0 spiro atoms. The van der Waals surface area contributed by atoms with Crippen LogP contribution >= 0.6 is 0 Å². The Bertz CT molecular complexity index is 318. The fourth-order valence-electron chi connectivity index (χ4n) is 2.24. The zero-order valence-electron chi connectivity index (χ0n) is 12.2. The van der Waals surface area contributed by atoms with Gasteiger partial charge in [-0.3, -0.25) is 9.59 Å². The lowest BCUT2D eigenvalue weighted by molar-refractivity contribution is -0.152. The van der Waals surface area contributed by atoms with Gasteiger partial charge in [0.15, 0.2) is 0 Å². The molecule has 108 valence electrons. The molecule has 1 rings (SSSR count). The van der Waals surface area contributed by atoms with Crippen LogP contribution in [0.15, 0.2) is 12.2 Å². The van der Waals surface area contributed by atoms with Crippen molar-refractivity contribution in [3.8, 4) is 0 Å². The number of carbonyl (C=O) groups is 2. The second-order valence-electron chi connectivity index (χ2n) is 5.77. The van der Waals surface area contributed by atoms with Gasteiger partial charge in [-0.05, 0) is 18.8 Å². The first kappa shape index (κ1) is 15.9. The Hall–Kier alpha value is -1.12. The van der Waals surface area contributed by atoms with Gasteiger partial charge in [-0.15, -0.1) is 0 Å². The van der Waals surface area contributed by atoms with Gasteiger partial charge in [0.2, 0.25) is 0 Å². The van der Waals surface area contributed by atoms with E-state index < -0.39 is 11.9 Å². The van der Waals surface area contributed by atoms with Crippen LogP contribution in [0.1, 0.15) is 65.2 Å². The number of rotatable bonds is 9. The van der Waals surface area contributed by atoms with Gasteiger partial charge >= 0.3 is 11.9 Å². The number of allylic oxidation sites excluding steroid dienone is 1. The smallest absolute Gasteiger partial charge is 0.321 e. The monoisotopic (exact) mass is 266 g/mol. The van der Waals surface area contributed by atoms with E-state index in [0.717, 1.165) is 18.8 Å². The van der Waals surface area contributed by atoms with Gasteiger partial charge in [0.25, 0.3) is 0 Å². The largest absolute Gasteiger partial charge is 0.393 e. The summed E-state index contributed by atoms with van der Waals surface area (Å²) in [5.74, 6) is -0.310. The SMILES string of the molecule is CC(C)CCCCCCC/C=C/C1CC(=O)OC1=O. The molecule has 0 radical (unpaired) electrons. The molecule has 1 aliphatic rings. The van der Waals surface area contributed by atoms with Crippen LogP contribution in [0.4, 0.5) is 0 Å². The predicted molar refractivity (Wildman–Crippen MR) is 75.5 cm³/mol. The molecule has 1 fully saturated rings. The highest BCUT2D eigenvalue weighted by atomic mass is 16.6. The van der Waals surface area contributed by atoms with Crippen molar-refractivity contribution in [2.24, 2.45) is 11.8 Å². The van der Waals surface area contributed by atoms with E-state index in [2.05, 4.69) is 18.6 Å². The molecule has 0 aliphatic carbocycles. The molecule has 3 heteroatoms. The van der Waals surface area contributed by atoms with Gasteiger partial charge in [0.05, 0.1) is 12.3 Å². The molecule has 0 N–H and O–H groups in total. The van der Waals surface area contributed by atoms with Crippen LogP contribution in [-0.4, -0.2) is 11.9 Å². The third kappa shape index (κ3) is 7.14. The fraction of sp³-hybridized carbons (Fsp3) is 0.750. The number of hydrogen-bond donors (Lipinski definition) is 0. The average Bonchev–Trinajstić information content (AvgIpc) is 2.65. The summed E-state index contributed by atoms with van der Waals surface area (Å²) in [7, 11) is 0. The summed E-state index contributed by atoms with van der Waals surface area (Å²) in [4.78, 5) is 22.1. The van der Waals surface area contributed by atoms with E-state index >= 15 is 0 Å². The molecule has 1 aliphatic heterocycles. The normalized spacial score (nSPS) is 19.6. The molecule has 0 aromatic heterocycles. The van der Waals surface area contributed by atoms with E-state index in [4.69, 9.17) is 0 Å². The molecule has 0 bridgehead atoms. The molecule has 0 amide bonds. The van der Waals surface area contributed by atoms with E-state index in [1.54, 1.807) is 0 Å². The maximum Gasteiger partial charge on any atom is 0.321 e. The van der Waals surface area contributed by atoms with Crippen molar-refractivity contribution in [1.82, 2.24) is 0 Å². The third-order valence-electron chi connectivity index (χ3n) is 3.42. The number of hydrogen-bond acceptors (Lipinski definition) is 3. The number of unbranched alkanes of at least 4 members (excludes halogenated alkanes) is 5. The Labute approximate surface area is 116 Å². The number of cyclic esters (lactones) is 2. The van der Waals surface area contributed by atoms with Crippen molar-refractivity contribution < 1.29 is 14.3 Å². The van der Waals surface area contributed by atoms with Crippen LogP contribution in [0.25, 0.3) is 0 Å². The van der Waals surface area contributed by atoms with Gasteiger partial charge in [-0.25, -0.2) is 0 Å². The Morgan fingerprint density at radius 2 is 1.84 bits per heavy atom. The van der Waals surface area contributed by atoms with Crippen molar-refractivity contribution in [2.75, 3.05) is 0 Å². The zero-order valence-corrected chi connectivity index (χ0v) is 12.2. The quantitative estimate of drug-likeness (QED) is 0.274. The Kier molecular flexibility index (Phi) is 7.46. The average molecular weight is 266 g/mol. The first-order valence-corrected chi connectivity index (χ1v) is 7.50. The lowest BCUT2D eigenvalue weighted by atomic mass is 10.0. The molecule has 3 nitrogen and oxygen atoms in total. The minimum atomic E-state index is -0.398. The maximum atomic E-state index is 11.2. The van der Waals surface area contributed by atoms with Crippen molar-refractivity contribution in [3.05, 3.63) is 12.2 Å². The van der Waals surface area contributed by atoms with Gasteiger partial charge in [-0.2, -0.15) is 0 Å². The topological polar surface area (TPSA) is 43.4 Å². The Morgan fingerprint density at radius 1 is 1.16 bits per heavy atom. The summed E-state index contributed by atoms with van der Waals surface area (Å²) >= 11 is 0. The van der Waals surface area contributed by atoms with E-state index in [1.165, 1.54) is 32.1 Å². The van der Waals surface area contributed by atoms with E-state index in [0.29, 0.717) is 0 Å². The second-order valence-corrected chi connectivity index (χ2v) is 5.77. The highest BCUT2D eigenvalue weighted by Gasteiger charge is 2.30. The summed E-state index contributed by atoms with van der Waals surface area (Å²) in [6.45, 7) is 4.53. The highest BCUT2D eigenvalue weighted by Crippen LogP contribution is 2.18. The Balaban J connectivity index is 1.96. The maximum absolute atomic E-state index is 11.2. The van der Waals surface area contributed by atoms with E-state index in [9.17, 15) is 9.59 Å². The molecule has 19 heavy (non-hydrogen) atoms. The number of esters is 2. The van der Waals surface area contributed by atoms with Crippen molar-refractivity contribution in [1.29, 1.82) is 0 Å². The van der Waals surface area contributed by atoms with Gasteiger partial charge in [-0.1, -0.05) is 58.1 Å². The third-order valence-corrected chi connectivity index (χ3v) is 3.42. The molecule has 0 saturated carbocycles. The number of ether oxygens (including phenoxy) is 1. The van der Waals surface area contributed by atoms with Crippen LogP contribution in [0.5, 0.6) is 0 Å². The molecule has 0 aromatic carbocycles. The first-order valence-electron chi connectivity index (χ1n) is 7.50. The Morgan fingerprint density at radius 3 is 2.47 bits per heavy atom. The highest BCUT2D eigenvalue weighted by molar-refractivity contribution is 5.95. The molecular formula is C16H26O3.